The monoisotopic (exact) mass is 514 g/mol. The number of benzene rings is 2. The molecule has 4 unspecified atom stereocenters. The molecule has 5 rings (SSSR count). The van der Waals surface area contributed by atoms with Crippen LogP contribution in [0.1, 0.15) is 82.0 Å². The molecule has 2 aromatic carbocycles. The molecule has 200 valence electrons. The van der Waals surface area contributed by atoms with Gasteiger partial charge in [0.25, 0.3) is 0 Å². The topological polar surface area (TPSA) is 86.7 Å². The number of imide groups is 1. The fourth-order valence-electron chi connectivity index (χ4n) is 6.84. The summed E-state index contributed by atoms with van der Waals surface area (Å²) in [6.45, 7) is 5.51. The molecule has 0 radical (unpaired) electrons. The highest BCUT2D eigenvalue weighted by atomic mass is 16.4. The van der Waals surface area contributed by atoms with Crippen molar-refractivity contribution in [2.45, 2.75) is 76.4 Å². The molecule has 0 bridgehead atoms. The highest BCUT2D eigenvalue weighted by Gasteiger charge is 2.69. The Morgan fingerprint density at radius 1 is 0.947 bits per heavy atom. The highest BCUT2D eigenvalue weighted by molar-refractivity contribution is 6.10. The summed E-state index contributed by atoms with van der Waals surface area (Å²) in [6, 6.07) is 17.4. The number of carbonyl (C=O) groups excluding carboxylic acids is 2. The van der Waals surface area contributed by atoms with Crippen molar-refractivity contribution in [3.63, 3.8) is 0 Å². The van der Waals surface area contributed by atoms with Crippen LogP contribution in [0.25, 0.3) is 12.2 Å². The predicted molar refractivity (Wildman–Crippen MR) is 148 cm³/mol. The minimum absolute atomic E-state index is 0.226. The van der Waals surface area contributed by atoms with E-state index in [0.29, 0.717) is 6.42 Å². The van der Waals surface area contributed by atoms with Crippen LogP contribution in [0.4, 0.5) is 0 Å². The Bertz CT molecular complexity index is 1220. The number of likely N-dealkylation sites (tertiary alicyclic amines) is 1. The van der Waals surface area contributed by atoms with Crippen LogP contribution in [-0.2, 0) is 14.4 Å². The third-order valence-corrected chi connectivity index (χ3v) is 8.61. The van der Waals surface area contributed by atoms with Gasteiger partial charge in [-0.1, -0.05) is 98.9 Å². The van der Waals surface area contributed by atoms with Gasteiger partial charge in [-0.15, -0.1) is 0 Å². The van der Waals surface area contributed by atoms with Crippen molar-refractivity contribution < 1.29 is 19.5 Å². The predicted octanol–water partition coefficient (Wildman–Crippen LogP) is 5.69. The molecule has 0 aromatic heterocycles. The number of nitrogens with zero attached hydrogens (tertiary/aromatic N) is 1. The smallest absolute Gasteiger partial charge is 0.324 e. The Morgan fingerprint density at radius 2 is 1.55 bits per heavy atom. The second-order valence-electron chi connectivity index (χ2n) is 12.2. The lowest BCUT2D eigenvalue weighted by Gasteiger charge is -2.37. The van der Waals surface area contributed by atoms with Crippen LogP contribution in [0.2, 0.25) is 0 Å². The fourth-order valence-corrected chi connectivity index (χ4v) is 6.84. The first kappa shape index (κ1) is 26.4. The van der Waals surface area contributed by atoms with Crippen LogP contribution in [0.15, 0.2) is 54.6 Å². The quantitative estimate of drug-likeness (QED) is 0.382. The molecule has 4 atom stereocenters. The lowest BCUT2D eigenvalue weighted by Crippen LogP contribution is -2.58. The van der Waals surface area contributed by atoms with Crippen LogP contribution in [-0.4, -0.2) is 38.9 Å². The molecule has 6 heteroatoms. The molecule has 2 aliphatic heterocycles. The van der Waals surface area contributed by atoms with Gasteiger partial charge in [0, 0.05) is 11.6 Å². The summed E-state index contributed by atoms with van der Waals surface area (Å²) in [4.78, 5) is 42.0. The Morgan fingerprint density at radius 3 is 2.13 bits per heavy atom. The second kappa shape index (κ2) is 10.1. The van der Waals surface area contributed by atoms with Gasteiger partial charge in [0.1, 0.15) is 5.54 Å². The van der Waals surface area contributed by atoms with Crippen molar-refractivity contribution in [2.75, 3.05) is 0 Å². The van der Waals surface area contributed by atoms with Crippen molar-refractivity contribution in [3.05, 3.63) is 71.3 Å². The maximum Gasteiger partial charge on any atom is 0.324 e. The number of rotatable bonds is 6. The molecule has 3 fully saturated rings. The standard InChI is InChI=1S/C32H38N2O4/c1-31(2,3)34-28(35)25-26(29(34)36)32(30(37)38,20-23-12-8-5-9-13-23)33-27(25)24-18-16-22(17-19-24)15-14-21-10-6-4-7-11-21/h4,6-7,10-11,14-19,23,25-27,33H,5,8-9,12-13,20H2,1-3H3,(H,37,38). The highest BCUT2D eigenvalue weighted by Crippen LogP contribution is 2.53. The molecule has 38 heavy (non-hydrogen) atoms. The van der Waals surface area contributed by atoms with E-state index < -0.39 is 34.9 Å². The molecular weight excluding hydrogens is 476 g/mol. The lowest BCUT2D eigenvalue weighted by atomic mass is 9.72. The average molecular weight is 515 g/mol. The van der Waals surface area contributed by atoms with E-state index in [9.17, 15) is 19.5 Å². The molecule has 2 heterocycles. The summed E-state index contributed by atoms with van der Waals surface area (Å²) in [5.41, 5.74) is 0.757. The summed E-state index contributed by atoms with van der Waals surface area (Å²) in [6.07, 6.45) is 9.69. The molecular formula is C32H38N2O4. The van der Waals surface area contributed by atoms with Crippen molar-refractivity contribution >= 4 is 29.9 Å². The maximum absolute atomic E-state index is 13.8. The minimum atomic E-state index is -1.46. The zero-order valence-electron chi connectivity index (χ0n) is 22.5. The van der Waals surface area contributed by atoms with Crippen LogP contribution in [0, 0.1) is 17.8 Å². The first-order valence-electron chi connectivity index (χ1n) is 13.8. The average Bonchev–Trinajstić information content (AvgIpc) is 3.38. The van der Waals surface area contributed by atoms with E-state index in [4.69, 9.17) is 0 Å². The molecule has 2 aromatic rings. The fraction of sp³-hybridized carbons (Fsp3) is 0.469. The van der Waals surface area contributed by atoms with E-state index in [-0.39, 0.29) is 17.7 Å². The summed E-state index contributed by atoms with van der Waals surface area (Å²) in [5, 5.41) is 14.1. The van der Waals surface area contributed by atoms with E-state index in [1.54, 1.807) is 0 Å². The normalized spacial score (nSPS) is 28.3. The van der Waals surface area contributed by atoms with Crippen LogP contribution >= 0.6 is 0 Å². The Hall–Kier alpha value is -3.25. The number of hydrogen-bond donors (Lipinski definition) is 2. The third-order valence-electron chi connectivity index (χ3n) is 8.61. The minimum Gasteiger partial charge on any atom is -0.480 e. The van der Waals surface area contributed by atoms with Gasteiger partial charge in [-0.3, -0.25) is 24.6 Å². The van der Waals surface area contributed by atoms with Crippen molar-refractivity contribution in [1.82, 2.24) is 10.2 Å². The summed E-state index contributed by atoms with van der Waals surface area (Å²) in [7, 11) is 0. The summed E-state index contributed by atoms with van der Waals surface area (Å²) in [5.74, 6) is -3.10. The summed E-state index contributed by atoms with van der Waals surface area (Å²) >= 11 is 0. The second-order valence-corrected chi connectivity index (χ2v) is 12.2. The number of hydrogen-bond acceptors (Lipinski definition) is 4. The van der Waals surface area contributed by atoms with Crippen molar-refractivity contribution in [3.8, 4) is 0 Å². The van der Waals surface area contributed by atoms with Gasteiger partial charge < -0.3 is 5.11 Å². The molecule has 2 amide bonds. The maximum atomic E-state index is 13.8. The number of carboxylic acid groups (broad SMARTS) is 1. The number of aliphatic carboxylic acids is 1. The molecule has 1 saturated carbocycles. The SMILES string of the molecule is CC(C)(C)N1C(=O)C2C(c3ccc(C=Cc4ccccc4)cc3)NC(CC3CCCCC3)(C(=O)O)C2C1=O. The zero-order chi connectivity index (χ0) is 27.1. The van der Waals surface area contributed by atoms with E-state index in [2.05, 4.69) is 5.32 Å². The Kier molecular flexibility index (Phi) is 7.03. The molecule has 6 nitrogen and oxygen atoms in total. The lowest BCUT2D eigenvalue weighted by molar-refractivity contribution is -0.154. The third kappa shape index (κ3) is 4.71. The van der Waals surface area contributed by atoms with Gasteiger partial charge in [-0.2, -0.15) is 0 Å². The molecule has 2 saturated heterocycles. The summed E-state index contributed by atoms with van der Waals surface area (Å²) < 4.78 is 0. The first-order valence-corrected chi connectivity index (χ1v) is 13.8. The van der Waals surface area contributed by atoms with Gasteiger partial charge in [0.2, 0.25) is 11.8 Å². The molecule has 1 aliphatic carbocycles. The van der Waals surface area contributed by atoms with Crippen molar-refractivity contribution in [2.24, 2.45) is 17.8 Å². The molecule has 3 aliphatic rings. The van der Waals surface area contributed by atoms with Crippen molar-refractivity contribution in [1.29, 1.82) is 0 Å². The van der Waals surface area contributed by atoms with Crippen LogP contribution in [0.3, 0.4) is 0 Å². The van der Waals surface area contributed by atoms with Gasteiger partial charge in [0.05, 0.1) is 11.8 Å². The number of nitrogens with one attached hydrogen (secondary N) is 1. The van der Waals surface area contributed by atoms with Gasteiger partial charge in [-0.25, -0.2) is 0 Å². The van der Waals surface area contributed by atoms with Gasteiger partial charge in [0.15, 0.2) is 0 Å². The van der Waals surface area contributed by atoms with Gasteiger partial charge in [-0.05, 0) is 49.8 Å². The van der Waals surface area contributed by atoms with Crippen LogP contribution < -0.4 is 5.32 Å². The number of carbonyl (C=O) groups is 3. The largest absolute Gasteiger partial charge is 0.480 e. The first-order chi connectivity index (χ1) is 18.1. The number of fused-ring (bicyclic) bond motifs is 1. The number of carboxylic acids is 1. The van der Waals surface area contributed by atoms with E-state index in [0.717, 1.165) is 42.4 Å². The Labute approximate surface area is 225 Å². The molecule has 0 spiro atoms. The van der Waals surface area contributed by atoms with E-state index >= 15 is 0 Å². The van der Waals surface area contributed by atoms with Crippen LogP contribution in [0.5, 0.6) is 0 Å². The Balaban J connectivity index is 1.50. The number of amides is 2. The van der Waals surface area contributed by atoms with E-state index in [1.165, 1.54) is 11.3 Å². The van der Waals surface area contributed by atoms with E-state index in [1.807, 2.05) is 87.5 Å². The molecule has 2 N–H and O–H groups in total. The van der Waals surface area contributed by atoms with Gasteiger partial charge >= 0.3 is 5.97 Å². The zero-order valence-corrected chi connectivity index (χ0v) is 22.5.